The highest BCUT2D eigenvalue weighted by molar-refractivity contribution is 7.08. The van der Waals surface area contributed by atoms with Gasteiger partial charge in [0.2, 0.25) is 0 Å². The number of methoxy groups -OCH3 is 1. The molecule has 0 bridgehead atoms. The lowest BCUT2D eigenvalue weighted by Gasteiger charge is -2.36. The predicted octanol–water partition coefficient (Wildman–Crippen LogP) is 5.74. The highest BCUT2D eigenvalue weighted by atomic mass is 32.1. The summed E-state index contributed by atoms with van der Waals surface area (Å²) < 4.78 is 45.6. The van der Waals surface area contributed by atoms with E-state index in [4.69, 9.17) is 4.74 Å². The number of para-hydroxylation sites is 2. The van der Waals surface area contributed by atoms with Crippen molar-refractivity contribution in [3.8, 4) is 16.9 Å². The van der Waals surface area contributed by atoms with Crippen molar-refractivity contribution in [2.45, 2.75) is 6.18 Å². The van der Waals surface area contributed by atoms with Gasteiger partial charge < -0.3 is 19.9 Å². The minimum Gasteiger partial charge on any atom is -0.495 e. The molecule has 4 aromatic rings. The van der Waals surface area contributed by atoms with Gasteiger partial charge in [-0.3, -0.25) is 0 Å². The number of fused-ring (bicyclic) bond motifs is 1. The van der Waals surface area contributed by atoms with Crippen LogP contribution in [0.3, 0.4) is 0 Å². The third-order valence-corrected chi connectivity index (χ3v) is 6.73. The molecule has 3 aromatic heterocycles. The average molecular weight is 514 g/mol. The van der Waals surface area contributed by atoms with Crippen LogP contribution in [0.2, 0.25) is 0 Å². The van der Waals surface area contributed by atoms with Gasteiger partial charge in [0.15, 0.2) is 0 Å². The summed E-state index contributed by atoms with van der Waals surface area (Å²) in [6, 6.07) is 11.2. The van der Waals surface area contributed by atoms with E-state index in [-0.39, 0.29) is 11.5 Å². The molecule has 0 spiro atoms. The van der Waals surface area contributed by atoms with Crippen molar-refractivity contribution < 1.29 is 22.7 Å². The summed E-state index contributed by atoms with van der Waals surface area (Å²) in [5.41, 5.74) is 1.21. The molecule has 0 radical (unpaired) electrons. The molecule has 0 unspecified atom stereocenters. The number of benzene rings is 1. The number of urea groups is 1. The van der Waals surface area contributed by atoms with Crippen LogP contribution >= 0.6 is 11.3 Å². The molecule has 1 aliphatic heterocycles. The third kappa shape index (κ3) is 4.66. The summed E-state index contributed by atoms with van der Waals surface area (Å²) in [5.74, 6) is 1.12. The molecule has 4 heterocycles. The third-order valence-electron chi connectivity index (χ3n) is 6.04. The molecule has 1 N–H and O–H groups in total. The van der Waals surface area contributed by atoms with E-state index in [0.717, 1.165) is 11.6 Å². The molecule has 0 atom stereocenters. The Morgan fingerprint density at radius 1 is 1.08 bits per heavy atom. The fourth-order valence-corrected chi connectivity index (χ4v) is 4.86. The number of nitrogens with one attached hydrogen (secondary N) is 1. The molecule has 1 aliphatic rings. The first kappa shape index (κ1) is 23.9. The van der Waals surface area contributed by atoms with Gasteiger partial charge in [0.25, 0.3) is 0 Å². The van der Waals surface area contributed by atoms with Crippen molar-refractivity contribution in [1.82, 2.24) is 14.9 Å². The number of nitrogens with zero attached hydrogens (tertiary/aromatic N) is 4. The van der Waals surface area contributed by atoms with Crippen molar-refractivity contribution in [2.75, 3.05) is 43.5 Å². The summed E-state index contributed by atoms with van der Waals surface area (Å²) in [5, 5.41) is 7.13. The summed E-state index contributed by atoms with van der Waals surface area (Å²) in [7, 11) is 1.54. The van der Waals surface area contributed by atoms with Crippen LogP contribution in [0, 0.1) is 0 Å². The van der Waals surface area contributed by atoms with Crippen LogP contribution in [0.5, 0.6) is 5.75 Å². The molecule has 0 saturated carbocycles. The molecular weight excluding hydrogens is 491 g/mol. The van der Waals surface area contributed by atoms with E-state index in [1.54, 1.807) is 23.2 Å². The van der Waals surface area contributed by atoms with Crippen LogP contribution < -0.4 is 15.0 Å². The number of anilines is 2. The van der Waals surface area contributed by atoms with Gasteiger partial charge in [0, 0.05) is 43.3 Å². The minimum absolute atomic E-state index is 0.249. The number of rotatable bonds is 4. The Hall–Kier alpha value is -3.86. The number of aromatic nitrogens is 2. The number of alkyl halides is 3. The Morgan fingerprint density at radius 3 is 2.56 bits per heavy atom. The van der Waals surface area contributed by atoms with E-state index >= 15 is 0 Å². The molecule has 36 heavy (non-hydrogen) atoms. The van der Waals surface area contributed by atoms with Crippen LogP contribution in [0.1, 0.15) is 5.69 Å². The Bertz CT molecular complexity index is 1390. The first-order valence-electron chi connectivity index (χ1n) is 11.2. The second-order valence-electron chi connectivity index (χ2n) is 8.20. The minimum atomic E-state index is -4.55. The topological polar surface area (TPSA) is 70.6 Å². The molecular formula is C25H22F3N5O2S. The van der Waals surface area contributed by atoms with E-state index in [0.29, 0.717) is 54.4 Å². The number of halogens is 3. The van der Waals surface area contributed by atoms with Gasteiger partial charge in [-0.25, -0.2) is 14.8 Å². The number of pyridine rings is 2. The number of piperazine rings is 1. The summed E-state index contributed by atoms with van der Waals surface area (Å²) in [6.07, 6.45) is -2.97. The lowest BCUT2D eigenvalue weighted by atomic mass is 10.1. The number of hydrogen-bond donors (Lipinski definition) is 1. The summed E-state index contributed by atoms with van der Waals surface area (Å²) in [6.45, 7) is 1.79. The maximum atomic E-state index is 13.4. The number of amides is 2. The van der Waals surface area contributed by atoms with Gasteiger partial charge >= 0.3 is 12.2 Å². The van der Waals surface area contributed by atoms with Crippen LogP contribution in [-0.2, 0) is 6.18 Å². The SMILES string of the molecule is COc1ccccc1NC(=O)N1CCN(c2ncc(-c3ccsc3)c3nc(C(F)(F)F)ccc23)CC1. The number of ether oxygens (including phenoxy) is 1. The number of hydrogen-bond acceptors (Lipinski definition) is 6. The first-order valence-corrected chi connectivity index (χ1v) is 12.1. The molecule has 1 aromatic carbocycles. The number of carbonyl (C=O) groups excluding carboxylic acids is 1. The van der Waals surface area contributed by atoms with E-state index in [9.17, 15) is 18.0 Å². The van der Waals surface area contributed by atoms with Crippen molar-refractivity contribution >= 4 is 39.8 Å². The van der Waals surface area contributed by atoms with Gasteiger partial charge in [0.05, 0.1) is 18.3 Å². The Morgan fingerprint density at radius 2 is 1.86 bits per heavy atom. The average Bonchev–Trinajstić information content (AvgIpc) is 3.42. The molecule has 186 valence electrons. The molecule has 2 amide bonds. The Labute approximate surface area is 209 Å². The lowest BCUT2D eigenvalue weighted by molar-refractivity contribution is -0.140. The summed E-state index contributed by atoms with van der Waals surface area (Å²) >= 11 is 1.45. The van der Waals surface area contributed by atoms with Crippen LogP contribution in [0.4, 0.5) is 29.5 Å². The molecule has 0 aliphatic carbocycles. The maximum absolute atomic E-state index is 13.4. The smallest absolute Gasteiger partial charge is 0.433 e. The molecule has 7 nitrogen and oxygen atoms in total. The van der Waals surface area contributed by atoms with Gasteiger partial charge in [-0.1, -0.05) is 12.1 Å². The Balaban J connectivity index is 1.39. The van der Waals surface area contributed by atoms with Gasteiger partial charge in [-0.2, -0.15) is 24.5 Å². The monoisotopic (exact) mass is 513 g/mol. The zero-order chi connectivity index (χ0) is 25.3. The van der Waals surface area contributed by atoms with E-state index in [1.807, 2.05) is 33.9 Å². The molecule has 1 saturated heterocycles. The first-order chi connectivity index (χ1) is 17.3. The quantitative estimate of drug-likeness (QED) is 0.377. The van der Waals surface area contributed by atoms with E-state index < -0.39 is 11.9 Å². The highest BCUT2D eigenvalue weighted by Crippen LogP contribution is 2.36. The standard InChI is InChI=1S/C25H22F3N5O2S/c1-35-20-5-3-2-4-19(20)30-24(34)33-11-9-32(10-12-33)23-17-6-7-21(25(26,27)28)31-22(17)18(14-29-23)16-8-13-36-15-16/h2-8,13-15H,9-12H2,1H3,(H,30,34). The van der Waals surface area contributed by atoms with E-state index in [1.165, 1.54) is 24.5 Å². The van der Waals surface area contributed by atoms with Crippen molar-refractivity contribution in [1.29, 1.82) is 0 Å². The highest BCUT2D eigenvalue weighted by Gasteiger charge is 2.33. The Kier molecular flexibility index (Phi) is 6.40. The number of carbonyl (C=O) groups is 1. The fourth-order valence-electron chi connectivity index (χ4n) is 4.20. The van der Waals surface area contributed by atoms with Crippen molar-refractivity contribution in [3.63, 3.8) is 0 Å². The van der Waals surface area contributed by atoms with E-state index in [2.05, 4.69) is 15.3 Å². The summed E-state index contributed by atoms with van der Waals surface area (Å²) in [4.78, 5) is 25.1. The second kappa shape index (κ2) is 9.65. The largest absolute Gasteiger partial charge is 0.495 e. The van der Waals surface area contributed by atoms with Gasteiger partial charge in [-0.05, 0) is 46.7 Å². The maximum Gasteiger partial charge on any atom is 0.433 e. The second-order valence-corrected chi connectivity index (χ2v) is 8.98. The van der Waals surface area contributed by atoms with Gasteiger partial charge in [-0.15, -0.1) is 0 Å². The number of thiophene rings is 1. The normalized spacial score (nSPS) is 14.2. The fraction of sp³-hybridized carbons (Fsp3) is 0.240. The zero-order valence-corrected chi connectivity index (χ0v) is 20.1. The molecule has 1 fully saturated rings. The van der Waals surface area contributed by atoms with Crippen LogP contribution in [0.25, 0.3) is 22.0 Å². The molecule has 5 rings (SSSR count). The predicted molar refractivity (Wildman–Crippen MR) is 134 cm³/mol. The van der Waals surface area contributed by atoms with Crippen LogP contribution in [-0.4, -0.2) is 54.2 Å². The van der Waals surface area contributed by atoms with Crippen LogP contribution in [0.15, 0.2) is 59.4 Å². The van der Waals surface area contributed by atoms with Gasteiger partial charge in [0.1, 0.15) is 17.3 Å². The lowest BCUT2D eigenvalue weighted by Crippen LogP contribution is -2.50. The molecule has 11 heteroatoms. The van der Waals surface area contributed by atoms with Crippen molar-refractivity contribution in [2.24, 2.45) is 0 Å². The zero-order valence-electron chi connectivity index (χ0n) is 19.2. The van der Waals surface area contributed by atoms with Crippen molar-refractivity contribution in [3.05, 3.63) is 65.1 Å².